The number of carbonyl (C=O) groups is 1. The highest BCUT2D eigenvalue weighted by Gasteiger charge is 2.05. The van der Waals surface area contributed by atoms with E-state index in [-0.39, 0.29) is 19.1 Å². The maximum atomic E-state index is 10.8. The minimum Gasteiger partial charge on any atom is -0.395 e. The molecule has 60 valence electrons. The summed E-state index contributed by atoms with van der Waals surface area (Å²) in [5, 5.41) is 8.42. The third-order valence-electron chi connectivity index (χ3n) is 1.13. The second kappa shape index (κ2) is 5.20. The van der Waals surface area contributed by atoms with Gasteiger partial charge in [-0.2, -0.15) is 0 Å². The quantitative estimate of drug-likeness (QED) is 0.559. The molecule has 0 spiro atoms. The number of nitrogens with zero attached hydrogens (tertiary/aromatic N) is 1. The molecule has 0 aliphatic rings. The van der Waals surface area contributed by atoms with Crippen molar-refractivity contribution in [2.45, 2.75) is 0 Å². The Hall–Kier alpha value is -0.610. The second-order valence-corrected chi connectivity index (χ2v) is 1.97. The number of hydrogen-bond acceptors (Lipinski definition) is 3. The SMILES string of the molecule is COCC(=O)N(C)CCO. The highest BCUT2D eigenvalue weighted by molar-refractivity contribution is 5.77. The molecule has 1 N–H and O–H groups in total. The first-order chi connectivity index (χ1) is 4.72. The van der Waals surface area contributed by atoms with Gasteiger partial charge < -0.3 is 14.7 Å². The number of methoxy groups -OCH3 is 1. The van der Waals surface area contributed by atoms with E-state index < -0.39 is 0 Å². The van der Waals surface area contributed by atoms with Crippen LogP contribution in [0.25, 0.3) is 0 Å². The van der Waals surface area contributed by atoms with E-state index in [0.717, 1.165) is 0 Å². The first kappa shape index (κ1) is 9.39. The molecule has 0 aromatic rings. The minimum atomic E-state index is -0.114. The molecule has 0 aromatic heterocycles. The van der Waals surface area contributed by atoms with Gasteiger partial charge in [0, 0.05) is 20.7 Å². The van der Waals surface area contributed by atoms with Gasteiger partial charge in [-0.05, 0) is 0 Å². The van der Waals surface area contributed by atoms with Crippen LogP contribution >= 0.6 is 0 Å². The van der Waals surface area contributed by atoms with Gasteiger partial charge in [0.2, 0.25) is 5.91 Å². The van der Waals surface area contributed by atoms with Crippen LogP contribution in [0.1, 0.15) is 0 Å². The summed E-state index contributed by atoms with van der Waals surface area (Å²) in [6.45, 7) is 0.435. The summed E-state index contributed by atoms with van der Waals surface area (Å²) < 4.78 is 4.60. The van der Waals surface area contributed by atoms with Gasteiger partial charge in [-0.3, -0.25) is 4.79 Å². The monoisotopic (exact) mass is 147 g/mol. The van der Waals surface area contributed by atoms with E-state index in [9.17, 15) is 4.79 Å². The molecule has 0 atom stereocenters. The van der Waals surface area contributed by atoms with E-state index in [1.807, 2.05) is 0 Å². The first-order valence-electron chi connectivity index (χ1n) is 3.06. The number of ether oxygens (including phenoxy) is 1. The molecule has 0 saturated carbocycles. The van der Waals surface area contributed by atoms with Gasteiger partial charge >= 0.3 is 0 Å². The molecule has 0 aliphatic heterocycles. The third-order valence-corrected chi connectivity index (χ3v) is 1.13. The van der Waals surface area contributed by atoms with Crippen LogP contribution in [-0.4, -0.2) is 49.8 Å². The van der Waals surface area contributed by atoms with Gasteiger partial charge in [0.05, 0.1) is 6.61 Å². The molecule has 0 heterocycles. The number of aliphatic hydroxyl groups excluding tert-OH is 1. The number of likely N-dealkylation sites (N-methyl/N-ethyl adjacent to an activating group) is 1. The molecule has 0 saturated heterocycles. The van der Waals surface area contributed by atoms with Crippen LogP contribution in [0.3, 0.4) is 0 Å². The van der Waals surface area contributed by atoms with Crippen molar-refractivity contribution in [3.8, 4) is 0 Å². The average molecular weight is 147 g/mol. The molecule has 0 fully saturated rings. The lowest BCUT2D eigenvalue weighted by molar-refractivity contribution is -0.134. The van der Waals surface area contributed by atoms with Crippen LogP contribution in [-0.2, 0) is 9.53 Å². The van der Waals surface area contributed by atoms with Gasteiger partial charge in [-0.25, -0.2) is 0 Å². The van der Waals surface area contributed by atoms with Gasteiger partial charge in [0.25, 0.3) is 0 Å². The Morgan fingerprint density at radius 1 is 1.70 bits per heavy atom. The fourth-order valence-corrected chi connectivity index (χ4v) is 0.508. The lowest BCUT2D eigenvalue weighted by Gasteiger charge is -2.14. The third kappa shape index (κ3) is 3.42. The van der Waals surface area contributed by atoms with Crippen molar-refractivity contribution in [1.29, 1.82) is 0 Å². The molecule has 10 heavy (non-hydrogen) atoms. The van der Waals surface area contributed by atoms with Crippen LogP contribution in [0.15, 0.2) is 0 Å². The van der Waals surface area contributed by atoms with Crippen molar-refractivity contribution < 1.29 is 14.6 Å². The normalized spacial score (nSPS) is 9.50. The van der Waals surface area contributed by atoms with Crippen LogP contribution in [0.2, 0.25) is 0 Å². The zero-order valence-corrected chi connectivity index (χ0v) is 6.33. The van der Waals surface area contributed by atoms with Gasteiger partial charge in [-0.15, -0.1) is 0 Å². The predicted octanol–water partition coefficient (Wildman–Crippen LogP) is -0.917. The molecule has 0 rings (SSSR count). The Balaban J connectivity index is 3.49. The fourth-order valence-electron chi connectivity index (χ4n) is 0.508. The van der Waals surface area contributed by atoms with Crippen molar-refractivity contribution in [2.75, 3.05) is 33.9 Å². The Morgan fingerprint density at radius 3 is 2.70 bits per heavy atom. The molecule has 0 aliphatic carbocycles. The van der Waals surface area contributed by atoms with Crippen LogP contribution in [0.5, 0.6) is 0 Å². The van der Waals surface area contributed by atoms with Crippen molar-refractivity contribution >= 4 is 5.91 Å². The van der Waals surface area contributed by atoms with Crippen LogP contribution in [0, 0.1) is 0 Å². The standard InChI is InChI=1S/C6H13NO3/c1-7(3-4-8)6(9)5-10-2/h8H,3-5H2,1-2H3. The van der Waals surface area contributed by atoms with E-state index >= 15 is 0 Å². The lowest BCUT2D eigenvalue weighted by Crippen LogP contribution is -2.32. The summed E-state index contributed by atoms with van der Waals surface area (Å²) in [4.78, 5) is 12.2. The topological polar surface area (TPSA) is 49.8 Å². The Morgan fingerprint density at radius 2 is 2.30 bits per heavy atom. The molecule has 0 bridgehead atoms. The molecule has 4 nitrogen and oxygen atoms in total. The van der Waals surface area contributed by atoms with Crippen LogP contribution < -0.4 is 0 Å². The molecule has 0 aromatic carbocycles. The second-order valence-electron chi connectivity index (χ2n) is 1.97. The number of hydrogen-bond donors (Lipinski definition) is 1. The smallest absolute Gasteiger partial charge is 0.248 e. The number of rotatable bonds is 4. The number of aliphatic hydroxyl groups is 1. The Kier molecular flexibility index (Phi) is 4.88. The lowest BCUT2D eigenvalue weighted by atomic mass is 10.5. The summed E-state index contributed by atoms with van der Waals surface area (Å²) in [5.41, 5.74) is 0. The zero-order valence-electron chi connectivity index (χ0n) is 6.33. The summed E-state index contributed by atoms with van der Waals surface area (Å²) in [6.07, 6.45) is 0. The van der Waals surface area contributed by atoms with E-state index in [2.05, 4.69) is 4.74 Å². The number of carbonyl (C=O) groups excluding carboxylic acids is 1. The van der Waals surface area contributed by atoms with Crippen LogP contribution in [0.4, 0.5) is 0 Å². The highest BCUT2D eigenvalue weighted by Crippen LogP contribution is 1.83. The molecular weight excluding hydrogens is 134 g/mol. The molecule has 1 amide bonds. The highest BCUT2D eigenvalue weighted by atomic mass is 16.5. The minimum absolute atomic E-state index is 0.00798. The van der Waals surface area contributed by atoms with Crippen molar-refractivity contribution in [3.05, 3.63) is 0 Å². The number of amides is 1. The summed E-state index contributed by atoms with van der Waals surface area (Å²) >= 11 is 0. The van der Waals surface area contributed by atoms with E-state index in [1.54, 1.807) is 7.05 Å². The Labute approximate surface area is 60.4 Å². The van der Waals surface area contributed by atoms with Crippen molar-refractivity contribution in [3.63, 3.8) is 0 Å². The maximum Gasteiger partial charge on any atom is 0.248 e. The van der Waals surface area contributed by atoms with E-state index in [0.29, 0.717) is 6.54 Å². The van der Waals surface area contributed by atoms with Gasteiger partial charge in [0.1, 0.15) is 6.61 Å². The maximum absolute atomic E-state index is 10.8. The van der Waals surface area contributed by atoms with E-state index in [1.165, 1.54) is 12.0 Å². The average Bonchev–Trinajstić information content (AvgIpc) is 1.89. The fraction of sp³-hybridized carbons (Fsp3) is 0.833. The molecule has 0 radical (unpaired) electrons. The predicted molar refractivity (Wildman–Crippen MR) is 36.6 cm³/mol. The molecule has 0 unspecified atom stereocenters. The van der Waals surface area contributed by atoms with Crippen molar-refractivity contribution in [2.24, 2.45) is 0 Å². The zero-order chi connectivity index (χ0) is 7.98. The molecule has 4 heteroatoms. The summed E-state index contributed by atoms with van der Waals surface area (Å²) in [6, 6.07) is 0. The molecular formula is C6H13NO3. The van der Waals surface area contributed by atoms with E-state index in [4.69, 9.17) is 5.11 Å². The summed E-state index contributed by atoms with van der Waals surface area (Å²) in [5.74, 6) is -0.114. The van der Waals surface area contributed by atoms with Gasteiger partial charge in [0.15, 0.2) is 0 Å². The van der Waals surface area contributed by atoms with Crippen molar-refractivity contribution in [1.82, 2.24) is 4.90 Å². The van der Waals surface area contributed by atoms with Gasteiger partial charge in [-0.1, -0.05) is 0 Å². The Bertz CT molecular complexity index is 105. The largest absolute Gasteiger partial charge is 0.395 e. The summed E-state index contributed by atoms with van der Waals surface area (Å²) in [7, 11) is 3.09. The first-order valence-corrected chi connectivity index (χ1v) is 3.06.